The standard InChI is InChI=1S/C17H16FN3/c1-11-5-6-16(15-4-3-7-20-17(11)15)21-12(2)13-8-14(18)10-19-9-13/h3-10,12,21H,1-2H3. The van der Waals surface area contributed by atoms with E-state index in [2.05, 4.69) is 15.3 Å². The number of fused-ring (bicyclic) bond motifs is 1. The summed E-state index contributed by atoms with van der Waals surface area (Å²) < 4.78 is 13.3. The van der Waals surface area contributed by atoms with Gasteiger partial charge in [0.1, 0.15) is 5.82 Å². The highest BCUT2D eigenvalue weighted by molar-refractivity contribution is 5.93. The molecule has 0 fully saturated rings. The lowest BCUT2D eigenvalue weighted by molar-refractivity contribution is 0.616. The maximum atomic E-state index is 13.3. The van der Waals surface area contributed by atoms with Gasteiger partial charge in [-0.1, -0.05) is 6.07 Å². The molecular weight excluding hydrogens is 265 g/mol. The Kier molecular flexibility index (Phi) is 3.52. The number of halogens is 1. The number of aryl methyl sites for hydroxylation is 1. The molecule has 2 aromatic heterocycles. The summed E-state index contributed by atoms with van der Waals surface area (Å²) in [7, 11) is 0. The van der Waals surface area contributed by atoms with E-state index in [4.69, 9.17) is 0 Å². The first-order valence-corrected chi connectivity index (χ1v) is 6.86. The summed E-state index contributed by atoms with van der Waals surface area (Å²) in [5.74, 6) is -0.323. The highest BCUT2D eigenvalue weighted by atomic mass is 19.1. The summed E-state index contributed by atoms with van der Waals surface area (Å²) in [5.41, 5.74) is 3.91. The average molecular weight is 281 g/mol. The maximum absolute atomic E-state index is 13.3. The van der Waals surface area contributed by atoms with Gasteiger partial charge in [-0.2, -0.15) is 0 Å². The van der Waals surface area contributed by atoms with Crippen molar-refractivity contribution < 1.29 is 4.39 Å². The van der Waals surface area contributed by atoms with Crippen molar-refractivity contribution in [2.75, 3.05) is 5.32 Å². The van der Waals surface area contributed by atoms with Crippen LogP contribution in [0, 0.1) is 12.7 Å². The van der Waals surface area contributed by atoms with Crippen LogP contribution in [0.25, 0.3) is 10.9 Å². The van der Waals surface area contributed by atoms with Crippen LogP contribution in [0.3, 0.4) is 0 Å². The molecule has 1 atom stereocenters. The van der Waals surface area contributed by atoms with Crippen LogP contribution in [0.4, 0.5) is 10.1 Å². The lowest BCUT2D eigenvalue weighted by Crippen LogP contribution is -2.08. The molecule has 0 saturated carbocycles. The largest absolute Gasteiger partial charge is 0.378 e. The molecule has 0 spiro atoms. The molecule has 0 saturated heterocycles. The van der Waals surface area contributed by atoms with Crippen LogP contribution in [0.2, 0.25) is 0 Å². The van der Waals surface area contributed by atoms with E-state index in [1.165, 1.54) is 12.3 Å². The molecule has 3 rings (SSSR count). The molecule has 2 heterocycles. The zero-order chi connectivity index (χ0) is 14.8. The van der Waals surface area contributed by atoms with Gasteiger partial charge in [0.2, 0.25) is 0 Å². The minimum absolute atomic E-state index is 0.0423. The predicted molar refractivity (Wildman–Crippen MR) is 82.7 cm³/mol. The number of aromatic nitrogens is 2. The normalized spacial score (nSPS) is 12.3. The Morgan fingerprint density at radius 2 is 2.05 bits per heavy atom. The van der Waals surface area contributed by atoms with Gasteiger partial charge in [0.25, 0.3) is 0 Å². The monoisotopic (exact) mass is 281 g/mol. The number of rotatable bonds is 3. The Hall–Kier alpha value is -2.49. The maximum Gasteiger partial charge on any atom is 0.141 e. The number of hydrogen-bond donors (Lipinski definition) is 1. The van der Waals surface area contributed by atoms with Crippen molar-refractivity contribution in [3.8, 4) is 0 Å². The first-order valence-electron chi connectivity index (χ1n) is 6.86. The summed E-state index contributed by atoms with van der Waals surface area (Å²) >= 11 is 0. The van der Waals surface area contributed by atoms with Gasteiger partial charge >= 0.3 is 0 Å². The summed E-state index contributed by atoms with van der Waals surface area (Å²) in [5, 5.41) is 4.47. The van der Waals surface area contributed by atoms with Crippen LogP contribution in [0.15, 0.2) is 48.9 Å². The zero-order valence-corrected chi connectivity index (χ0v) is 12.0. The van der Waals surface area contributed by atoms with Crippen molar-refractivity contribution in [3.63, 3.8) is 0 Å². The van der Waals surface area contributed by atoms with E-state index < -0.39 is 0 Å². The lowest BCUT2D eigenvalue weighted by Gasteiger charge is -2.17. The number of nitrogens with one attached hydrogen (secondary N) is 1. The molecule has 21 heavy (non-hydrogen) atoms. The van der Waals surface area contributed by atoms with E-state index in [9.17, 15) is 4.39 Å². The molecule has 106 valence electrons. The highest BCUT2D eigenvalue weighted by Crippen LogP contribution is 2.27. The Morgan fingerprint density at radius 3 is 2.86 bits per heavy atom. The third kappa shape index (κ3) is 2.70. The number of hydrogen-bond acceptors (Lipinski definition) is 3. The molecule has 0 bridgehead atoms. The van der Waals surface area contributed by atoms with Crippen molar-refractivity contribution in [1.29, 1.82) is 0 Å². The lowest BCUT2D eigenvalue weighted by atomic mass is 10.1. The van der Waals surface area contributed by atoms with Gasteiger partial charge in [0.15, 0.2) is 0 Å². The van der Waals surface area contributed by atoms with E-state index >= 15 is 0 Å². The van der Waals surface area contributed by atoms with E-state index in [-0.39, 0.29) is 11.9 Å². The van der Waals surface area contributed by atoms with Gasteiger partial charge in [-0.3, -0.25) is 9.97 Å². The number of benzene rings is 1. The second-order valence-electron chi connectivity index (χ2n) is 5.13. The Balaban J connectivity index is 1.97. The molecular formula is C17H16FN3. The molecule has 0 aliphatic heterocycles. The van der Waals surface area contributed by atoms with Crippen LogP contribution < -0.4 is 5.32 Å². The van der Waals surface area contributed by atoms with Gasteiger partial charge in [-0.05, 0) is 49.2 Å². The quantitative estimate of drug-likeness (QED) is 0.780. The SMILES string of the molecule is Cc1ccc(NC(C)c2cncc(F)c2)c2cccnc12. The van der Waals surface area contributed by atoms with Crippen molar-refractivity contribution in [2.45, 2.75) is 19.9 Å². The van der Waals surface area contributed by atoms with E-state index in [1.54, 1.807) is 12.4 Å². The van der Waals surface area contributed by atoms with Crippen molar-refractivity contribution in [1.82, 2.24) is 9.97 Å². The van der Waals surface area contributed by atoms with Gasteiger partial charge in [0, 0.05) is 23.5 Å². The fourth-order valence-corrected chi connectivity index (χ4v) is 2.42. The third-order valence-corrected chi connectivity index (χ3v) is 3.57. The summed E-state index contributed by atoms with van der Waals surface area (Å²) in [6.07, 6.45) is 4.68. The average Bonchev–Trinajstić information content (AvgIpc) is 2.50. The van der Waals surface area contributed by atoms with Gasteiger partial charge in [-0.25, -0.2) is 4.39 Å². The van der Waals surface area contributed by atoms with E-state index in [0.717, 1.165) is 27.7 Å². The van der Waals surface area contributed by atoms with Crippen LogP contribution >= 0.6 is 0 Å². The summed E-state index contributed by atoms with van der Waals surface area (Å²) in [4.78, 5) is 8.32. The Morgan fingerprint density at radius 1 is 1.19 bits per heavy atom. The molecule has 0 aliphatic carbocycles. The smallest absolute Gasteiger partial charge is 0.141 e. The van der Waals surface area contributed by atoms with Gasteiger partial charge < -0.3 is 5.32 Å². The molecule has 1 aromatic carbocycles. The van der Waals surface area contributed by atoms with Crippen molar-refractivity contribution in [3.05, 3.63) is 65.9 Å². The van der Waals surface area contributed by atoms with Crippen LogP contribution in [0.1, 0.15) is 24.1 Å². The molecule has 1 N–H and O–H groups in total. The molecule has 1 unspecified atom stereocenters. The predicted octanol–water partition coefficient (Wildman–Crippen LogP) is 4.25. The summed E-state index contributed by atoms with van der Waals surface area (Å²) in [6, 6.07) is 9.48. The fraction of sp³-hybridized carbons (Fsp3) is 0.176. The first-order chi connectivity index (χ1) is 10.1. The zero-order valence-electron chi connectivity index (χ0n) is 12.0. The first kappa shape index (κ1) is 13.5. The number of nitrogens with zero attached hydrogens (tertiary/aromatic N) is 2. The molecule has 4 heteroatoms. The fourth-order valence-electron chi connectivity index (χ4n) is 2.42. The number of anilines is 1. The minimum Gasteiger partial charge on any atom is -0.378 e. The molecule has 0 radical (unpaired) electrons. The summed E-state index contributed by atoms with van der Waals surface area (Å²) in [6.45, 7) is 4.03. The topological polar surface area (TPSA) is 37.8 Å². The molecule has 0 amide bonds. The van der Waals surface area contributed by atoms with Gasteiger partial charge in [-0.15, -0.1) is 0 Å². The second-order valence-corrected chi connectivity index (χ2v) is 5.13. The Bertz CT molecular complexity index is 786. The van der Waals surface area contributed by atoms with E-state index in [0.29, 0.717) is 0 Å². The van der Waals surface area contributed by atoms with Crippen LogP contribution in [-0.4, -0.2) is 9.97 Å². The number of pyridine rings is 2. The third-order valence-electron chi connectivity index (χ3n) is 3.57. The Labute approximate surface area is 122 Å². The minimum atomic E-state index is -0.323. The van der Waals surface area contributed by atoms with Gasteiger partial charge in [0.05, 0.1) is 17.8 Å². The molecule has 0 aliphatic rings. The van der Waals surface area contributed by atoms with Crippen LogP contribution in [0.5, 0.6) is 0 Å². The van der Waals surface area contributed by atoms with Crippen molar-refractivity contribution in [2.24, 2.45) is 0 Å². The molecule has 3 nitrogen and oxygen atoms in total. The second kappa shape index (κ2) is 5.48. The van der Waals surface area contributed by atoms with Crippen LogP contribution in [-0.2, 0) is 0 Å². The highest BCUT2D eigenvalue weighted by Gasteiger charge is 2.10. The molecule has 3 aromatic rings. The van der Waals surface area contributed by atoms with E-state index in [1.807, 2.05) is 38.1 Å². The van der Waals surface area contributed by atoms with Crippen molar-refractivity contribution >= 4 is 16.6 Å².